The number of carbonyl (C=O) groups is 1. The van der Waals surface area contributed by atoms with Gasteiger partial charge in [0.15, 0.2) is 0 Å². The van der Waals surface area contributed by atoms with Crippen LogP contribution in [0.25, 0.3) is 0 Å². The molecular weight excluding hydrogens is 334 g/mol. The van der Waals surface area contributed by atoms with Gasteiger partial charge < -0.3 is 20.7 Å². The molecule has 118 valence electrons. The third kappa shape index (κ3) is 5.74. The molecule has 0 aliphatic carbocycles. The van der Waals surface area contributed by atoms with Crippen LogP contribution in [0.15, 0.2) is 28.7 Å². The van der Waals surface area contributed by atoms with E-state index < -0.39 is 5.54 Å². The van der Waals surface area contributed by atoms with Crippen LogP contribution in [-0.2, 0) is 15.1 Å². The highest BCUT2D eigenvalue weighted by Crippen LogP contribution is 2.20. The summed E-state index contributed by atoms with van der Waals surface area (Å²) in [6.07, 6.45) is 0. The van der Waals surface area contributed by atoms with E-state index in [9.17, 15) is 4.79 Å². The summed E-state index contributed by atoms with van der Waals surface area (Å²) in [7, 11) is 3.66. The molecule has 21 heavy (non-hydrogen) atoms. The van der Waals surface area contributed by atoms with Crippen molar-refractivity contribution >= 4 is 21.8 Å². The first-order valence-corrected chi connectivity index (χ1v) is 7.68. The lowest BCUT2D eigenvalue weighted by Crippen LogP contribution is -2.50. The maximum absolute atomic E-state index is 12.3. The quantitative estimate of drug-likeness (QED) is 0.736. The Bertz CT molecular complexity index is 449. The molecular formula is C15H24BrN3O2. The van der Waals surface area contributed by atoms with Gasteiger partial charge in [-0.05, 0) is 31.7 Å². The second kappa shape index (κ2) is 8.48. The maximum atomic E-state index is 12.3. The number of nitrogens with zero attached hydrogens (tertiary/aromatic N) is 1. The van der Waals surface area contributed by atoms with Crippen molar-refractivity contribution in [3.05, 3.63) is 34.3 Å². The van der Waals surface area contributed by atoms with Gasteiger partial charge in [-0.2, -0.15) is 0 Å². The third-order valence-corrected chi connectivity index (χ3v) is 3.90. The smallest absolute Gasteiger partial charge is 0.244 e. The molecule has 0 saturated carbocycles. The Labute approximate surface area is 135 Å². The summed E-state index contributed by atoms with van der Waals surface area (Å²) in [6.45, 7) is 4.55. The fourth-order valence-corrected chi connectivity index (χ4v) is 2.09. The van der Waals surface area contributed by atoms with Gasteiger partial charge in [0, 0.05) is 31.2 Å². The molecule has 0 saturated heterocycles. The minimum Gasteiger partial charge on any atom is -0.383 e. The van der Waals surface area contributed by atoms with Crippen LogP contribution in [-0.4, -0.2) is 51.2 Å². The van der Waals surface area contributed by atoms with Crippen LogP contribution in [0.1, 0.15) is 12.5 Å². The third-order valence-electron chi connectivity index (χ3n) is 3.37. The number of nitrogens with one attached hydrogen (secondary N) is 1. The Hall–Kier alpha value is -0.950. The Morgan fingerprint density at radius 1 is 1.38 bits per heavy atom. The Morgan fingerprint density at radius 2 is 2.00 bits per heavy atom. The molecule has 1 atom stereocenters. The normalized spacial score (nSPS) is 14.0. The molecule has 1 aromatic carbocycles. The van der Waals surface area contributed by atoms with E-state index in [1.54, 1.807) is 14.0 Å². The highest BCUT2D eigenvalue weighted by atomic mass is 79.9. The van der Waals surface area contributed by atoms with Crippen molar-refractivity contribution in [1.29, 1.82) is 0 Å². The Balaban J connectivity index is 2.48. The lowest BCUT2D eigenvalue weighted by Gasteiger charge is -2.25. The average molecular weight is 358 g/mol. The van der Waals surface area contributed by atoms with Crippen LogP contribution < -0.4 is 11.1 Å². The molecule has 0 aromatic heterocycles. The molecule has 1 rings (SSSR count). The van der Waals surface area contributed by atoms with Gasteiger partial charge in [-0.1, -0.05) is 28.1 Å². The van der Waals surface area contributed by atoms with Gasteiger partial charge in [0.1, 0.15) is 5.54 Å². The first kappa shape index (κ1) is 18.1. The number of hydrogen-bond donors (Lipinski definition) is 2. The molecule has 0 spiro atoms. The van der Waals surface area contributed by atoms with E-state index in [0.29, 0.717) is 13.2 Å². The summed E-state index contributed by atoms with van der Waals surface area (Å²) >= 11 is 3.37. The molecule has 0 aliphatic rings. The van der Waals surface area contributed by atoms with Gasteiger partial charge in [-0.15, -0.1) is 0 Å². The van der Waals surface area contributed by atoms with Crippen LogP contribution in [0.4, 0.5) is 0 Å². The first-order valence-electron chi connectivity index (χ1n) is 6.88. The second-order valence-corrected chi connectivity index (χ2v) is 6.18. The number of hydrogen-bond acceptors (Lipinski definition) is 4. The van der Waals surface area contributed by atoms with E-state index in [1.165, 1.54) is 0 Å². The molecule has 0 aliphatic heterocycles. The van der Waals surface area contributed by atoms with Crippen molar-refractivity contribution in [3.63, 3.8) is 0 Å². The highest BCUT2D eigenvalue weighted by Gasteiger charge is 2.30. The standard InChI is InChI=1S/C15H24BrN3O2/c1-15(17,12-4-6-13(16)7-5-12)14(20)18-8-9-19(2)10-11-21-3/h4-7H,8-11,17H2,1-3H3,(H,18,20). The first-order chi connectivity index (χ1) is 9.87. The van der Waals surface area contributed by atoms with E-state index in [1.807, 2.05) is 31.3 Å². The Morgan fingerprint density at radius 3 is 2.57 bits per heavy atom. The van der Waals surface area contributed by atoms with E-state index in [2.05, 4.69) is 26.1 Å². The number of amides is 1. The summed E-state index contributed by atoms with van der Waals surface area (Å²) in [5.74, 6) is -0.176. The molecule has 0 radical (unpaired) electrons. The van der Waals surface area contributed by atoms with Crippen LogP contribution in [0.2, 0.25) is 0 Å². The molecule has 1 aromatic rings. The second-order valence-electron chi connectivity index (χ2n) is 5.26. The molecule has 5 nitrogen and oxygen atoms in total. The number of carbonyl (C=O) groups excluding carboxylic acids is 1. The minimum atomic E-state index is -1.04. The summed E-state index contributed by atoms with van der Waals surface area (Å²) in [6, 6.07) is 7.47. The monoisotopic (exact) mass is 357 g/mol. The van der Waals surface area contributed by atoms with Crippen LogP contribution in [0, 0.1) is 0 Å². The predicted octanol–water partition coefficient (Wildman–Crippen LogP) is 1.32. The fraction of sp³-hybridized carbons (Fsp3) is 0.533. The lowest BCUT2D eigenvalue weighted by atomic mass is 9.92. The Kier molecular flexibility index (Phi) is 7.31. The van der Waals surface area contributed by atoms with E-state index in [-0.39, 0.29) is 5.91 Å². The molecule has 3 N–H and O–H groups in total. The maximum Gasteiger partial charge on any atom is 0.244 e. The summed E-state index contributed by atoms with van der Waals surface area (Å²) in [5.41, 5.74) is 5.92. The van der Waals surface area contributed by atoms with Crippen molar-refractivity contribution in [1.82, 2.24) is 10.2 Å². The molecule has 0 heterocycles. The number of methoxy groups -OCH3 is 1. The van der Waals surface area contributed by atoms with Gasteiger partial charge in [-0.3, -0.25) is 4.79 Å². The SMILES string of the molecule is COCCN(C)CCNC(=O)C(C)(N)c1ccc(Br)cc1. The number of ether oxygens (including phenoxy) is 1. The highest BCUT2D eigenvalue weighted by molar-refractivity contribution is 9.10. The van der Waals surface area contributed by atoms with Gasteiger partial charge in [0.2, 0.25) is 5.91 Å². The van der Waals surface area contributed by atoms with E-state index in [0.717, 1.165) is 23.1 Å². The van der Waals surface area contributed by atoms with Crippen molar-refractivity contribution in [2.45, 2.75) is 12.5 Å². The number of benzene rings is 1. The molecule has 1 amide bonds. The van der Waals surface area contributed by atoms with Crippen molar-refractivity contribution < 1.29 is 9.53 Å². The molecule has 6 heteroatoms. The summed E-state index contributed by atoms with van der Waals surface area (Å²) < 4.78 is 5.97. The van der Waals surface area contributed by atoms with Crippen molar-refractivity contribution in [2.75, 3.05) is 40.4 Å². The van der Waals surface area contributed by atoms with Gasteiger partial charge >= 0.3 is 0 Å². The number of nitrogens with two attached hydrogens (primary N) is 1. The number of halogens is 1. The van der Waals surface area contributed by atoms with Crippen LogP contribution in [0.3, 0.4) is 0 Å². The zero-order chi connectivity index (χ0) is 15.9. The van der Waals surface area contributed by atoms with E-state index >= 15 is 0 Å². The van der Waals surface area contributed by atoms with Gasteiger partial charge in [-0.25, -0.2) is 0 Å². The summed E-state index contributed by atoms with van der Waals surface area (Å²) in [4.78, 5) is 14.3. The lowest BCUT2D eigenvalue weighted by molar-refractivity contribution is -0.126. The van der Waals surface area contributed by atoms with Gasteiger partial charge in [0.25, 0.3) is 0 Å². The van der Waals surface area contributed by atoms with Crippen molar-refractivity contribution in [2.24, 2.45) is 5.73 Å². The van der Waals surface area contributed by atoms with Gasteiger partial charge in [0.05, 0.1) is 6.61 Å². The largest absolute Gasteiger partial charge is 0.383 e. The molecule has 0 bridgehead atoms. The van der Waals surface area contributed by atoms with Crippen LogP contribution >= 0.6 is 15.9 Å². The van der Waals surface area contributed by atoms with Crippen molar-refractivity contribution in [3.8, 4) is 0 Å². The zero-order valence-corrected chi connectivity index (χ0v) is 14.4. The zero-order valence-electron chi connectivity index (χ0n) is 12.9. The molecule has 1 unspecified atom stereocenters. The predicted molar refractivity (Wildman–Crippen MR) is 88.1 cm³/mol. The minimum absolute atomic E-state index is 0.176. The summed E-state index contributed by atoms with van der Waals surface area (Å²) in [5, 5.41) is 2.89. The topological polar surface area (TPSA) is 67.6 Å². The number of rotatable bonds is 8. The molecule has 0 fully saturated rings. The van der Waals surface area contributed by atoms with E-state index in [4.69, 9.17) is 10.5 Å². The fourth-order valence-electron chi connectivity index (χ4n) is 1.83. The average Bonchev–Trinajstić information content (AvgIpc) is 2.45. The number of likely N-dealkylation sites (N-methyl/N-ethyl adjacent to an activating group) is 1. The van der Waals surface area contributed by atoms with Crippen LogP contribution in [0.5, 0.6) is 0 Å².